The van der Waals surface area contributed by atoms with Crippen molar-refractivity contribution in [2.75, 3.05) is 38.8 Å². The van der Waals surface area contributed by atoms with Gasteiger partial charge in [-0.05, 0) is 48.7 Å². The SMILES string of the molecule is COC(=O)C1=C(C)N(c2cccc(C(F)(F)F)c2)c2n[nH]c(=O)n2C1c1ccc(C#N)cc1C[N+]1(C)CCC(CO)CC1.O=C[O-]. The van der Waals surface area contributed by atoms with Gasteiger partial charge in [0.25, 0.3) is 0 Å². The van der Waals surface area contributed by atoms with Crippen LogP contribution in [0.3, 0.4) is 0 Å². The third kappa shape index (κ3) is 6.68. The number of benzene rings is 2. The molecule has 2 aliphatic heterocycles. The number of nitrogens with one attached hydrogen (secondary N) is 1. The van der Waals surface area contributed by atoms with E-state index in [0.717, 1.165) is 43.6 Å². The second kappa shape index (κ2) is 13.6. The number of halogens is 3. The van der Waals surface area contributed by atoms with Crippen LogP contribution in [0.25, 0.3) is 0 Å². The first kappa shape index (κ1) is 33.9. The number of carbonyl (C=O) groups is 2. The molecular weight excluding hydrogens is 609 g/mol. The average Bonchev–Trinajstić information content (AvgIpc) is 3.41. The summed E-state index contributed by atoms with van der Waals surface area (Å²) in [4.78, 5) is 36.4. The van der Waals surface area contributed by atoms with Gasteiger partial charge in [-0.25, -0.2) is 19.3 Å². The number of piperidine rings is 1. The van der Waals surface area contributed by atoms with Gasteiger partial charge in [0.2, 0.25) is 5.95 Å². The Kier molecular flexibility index (Phi) is 10.0. The van der Waals surface area contributed by atoms with Crippen LogP contribution in [0, 0.1) is 17.2 Å². The van der Waals surface area contributed by atoms with Gasteiger partial charge in [-0.15, -0.1) is 5.10 Å². The number of quaternary nitrogens is 1. The first-order valence-corrected chi connectivity index (χ1v) is 14.3. The van der Waals surface area contributed by atoms with Crippen LogP contribution in [-0.2, 0) is 27.0 Å². The second-order valence-electron chi connectivity index (χ2n) is 11.4. The number of anilines is 2. The predicted octanol–water partition coefficient (Wildman–Crippen LogP) is 2.36. The number of carboxylic acid groups (broad SMARTS) is 1. The highest BCUT2D eigenvalue weighted by Gasteiger charge is 2.42. The number of rotatable bonds is 6. The number of nitrogens with zero attached hydrogens (tertiary/aromatic N) is 5. The molecule has 3 aromatic rings. The molecule has 0 spiro atoms. The molecule has 2 N–H and O–H groups in total. The first-order chi connectivity index (χ1) is 21.8. The van der Waals surface area contributed by atoms with Crippen LogP contribution in [-0.4, -0.2) is 70.6 Å². The van der Waals surface area contributed by atoms with E-state index in [0.29, 0.717) is 22.2 Å². The fraction of sp³-hybridized carbons (Fsp3) is 0.387. The zero-order valence-electron chi connectivity index (χ0n) is 25.4. The number of likely N-dealkylation sites (tertiary alicyclic amines) is 1. The Morgan fingerprint density at radius 2 is 1.93 bits per heavy atom. The lowest BCUT2D eigenvalue weighted by Crippen LogP contribution is -2.49. The lowest BCUT2D eigenvalue weighted by atomic mass is 9.88. The molecule has 1 fully saturated rings. The molecule has 15 heteroatoms. The number of fused-ring (bicyclic) bond motifs is 1. The van der Waals surface area contributed by atoms with E-state index in [1.807, 2.05) is 0 Å². The number of allylic oxidation sites excluding steroid dienone is 1. The quantitative estimate of drug-likeness (QED) is 0.233. The minimum Gasteiger partial charge on any atom is -0.554 e. The lowest BCUT2D eigenvalue weighted by molar-refractivity contribution is -0.928. The number of hydrogen-bond donors (Lipinski definition) is 2. The molecule has 2 aliphatic rings. The maximum absolute atomic E-state index is 13.6. The van der Waals surface area contributed by atoms with Gasteiger partial charge in [0.1, 0.15) is 12.6 Å². The third-order valence-electron chi connectivity index (χ3n) is 8.51. The molecule has 1 unspecified atom stereocenters. The number of methoxy groups -OCH3 is 1. The van der Waals surface area contributed by atoms with Crippen molar-refractivity contribution < 1.29 is 42.2 Å². The Morgan fingerprint density at radius 1 is 1.26 bits per heavy atom. The van der Waals surface area contributed by atoms with E-state index in [9.17, 15) is 33.1 Å². The number of ether oxygens (including phenoxy) is 1. The Hall–Kier alpha value is -4.94. The number of aliphatic hydroxyl groups is 1. The van der Waals surface area contributed by atoms with Crippen LogP contribution < -0.4 is 15.7 Å². The number of aromatic nitrogens is 3. The van der Waals surface area contributed by atoms with Crippen LogP contribution in [0.2, 0.25) is 0 Å². The number of esters is 1. The molecule has 0 aliphatic carbocycles. The summed E-state index contributed by atoms with van der Waals surface area (Å²) < 4.78 is 47.9. The van der Waals surface area contributed by atoms with Crippen molar-refractivity contribution in [2.24, 2.45) is 5.92 Å². The maximum Gasteiger partial charge on any atom is 0.416 e. The van der Waals surface area contributed by atoms with Crippen molar-refractivity contribution in [3.63, 3.8) is 0 Å². The van der Waals surface area contributed by atoms with Gasteiger partial charge in [0, 0.05) is 42.9 Å². The normalized spacial score (nSPS) is 21.0. The summed E-state index contributed by atoms with van der Waals surface area (Å²) >= 11 is 0. The molecule has 0 amide bonds. The van der Waals surface area contributed by atoms with Crippen molar-refractivity contribution in [1.29, 1.82) is 5.26 Å². The first-order valence-electron chi connectivity index (χ1n) is 14.3. The van der Waals surface area contributed by atoms with Crippen LogP contribution in [0.4, 0.5) is 24.8 Å². The summed E-state index contributed by atoms with van der Waals surface area (Å²) in [6, 6.07) is 10.7. The van der Waals surface area contributed by atoms with Gasteiger partial charge in [-0.1, -0.05) is 12.1 Å². The summed E-state index contributed by atoms with van der Waals surface area (Å²) in [7, 11) is 3.28. The highest BCUT2D eigenvalue weighted by atomic mass is 19.4. The molecule has 1 saturated heterocycles. The predicted molar refractivity (Wildman–Crippen MR) is 156 cm³/mol. The van der Waals surface area contributed by atoms with Crippen molar-refractivity contribution in [2.45, 2.75) is 38.5 Å². The summed E-state index contributed by atoms with van der Waals surface area (Å²) in [5, 5.41) is 34.1. The standard InChI is InChI=1S/C30H31F3N6O4.CH2O2/c1-18-25(27(41)43-3)26(24-8-7-20(15-34)13-21(24)16-39(2)11-9-19(17-40)10-12-39)38-28(35-36-29(38)42)37(18)23-6-4-5-22(14-23)30(31,32)33;2-1-3/h4-8,13-14,19,26,40H,9-12,16-17H2,1-3H3;1H,(H,2,3). The highest BCUT2D eigenvalue weighted by Crippen LogP contribution is 2.44. The Balaban J connectivity index is 0.00000154. The van der Waals surface area contributed by atoms with E-state index in [1.165, 1.54) is 28.7 Å². The highest BCUT2D eigenvalue weighted by molar-refractivity contribution is 5.93. The number of aliphatic hydroxyl groups excluding tert-OH is 1. The topological polar surface area (TPSA) is 164 Å². The fourth-order valence-electron chi connectivity index (χ4n) is 6.15. The monoisotopic (exact) mass is 642 g/mol. The second-order valence-corrected chi connectivity index (χ2v) is 11.4. The van der Waals surface area contributed by atoms with E-state index in [-0.39, 0.29) is 35.4 Å². The van der Waals surface area contributed by atoms with Crippen LogP contribution in [0.15, 0.2) is 58.5 Å². The lowest BCUT2D eigenvalue weighted by Gasteiger charge is -2.41. The van der Waals surface area contributed by atoms with Crippen molar-refractivity contribution >= 4 is 24.1 Å². The number of alkyl halides is 3. The number of H-pyrrole nitrogens is 1. The van der Waals surface area contributed by atoms with E-state index in [4.69, 9.17) is 14.6 Å². The van der Waals surface area contributed by atoms with Crippen molar-refractivity contribution in [3.05, 3.63) is 86.5 Å². The molecule has 2 aromatic carbocycles. The van der Waals surface area contributed by atoms with Gasteiger partial charge in [-0.3, -0.25) is 4.90 Å². The van der Waals surface area contributed by atoms with E-state index in [2.05, 4.69) is 23.3 Å². The number of aromatic amines is 1. The molecule has 12 nitrogen and oxygen atoms in total. The largest absolute Gasteiger partial charge is 0.554 e. The maximum atomic E-state index is 13.6. The van der Waals surface area contributed by atoms with E-state index < -0.39 is 35.9 Å². The fourth-order valence-corrected chi connectivity index (χ4v) is 6.15. The van der Waals surface area contributed by atoms with Crippen molar-refractivity contribution in [3.8, 4) is 6.07 Å². The molecule has 3 heterocycles. The molecule has 0 bridgehead atoms. The van der Waals surface area contributed by atoms with Gasteiger partial charge in [0.15, 0.2) is 0 Å². The molecule has 46 heavy (non-hydrogen) atoms. The molecule has 1 atom stereocenters. The van der Waals surface area contributed by atoms with Gasteiger partial charge >= 0.3 is 17.8 Å². The zero-order valence-corrected chi connectivity index (χ0v) is 25.4. The van der Waals surface area contributed by atoms with E-state index in [1.54, 1.807) is 25.1 Å². The smallest absolute Gasteiger partial charge is 0.416 e. The molecule has 0 saturated carbocycles. The average molecular weight is 643 g/mol. The van der Waals surface area contributed by atoms with Gasteiger partial charge in [0.05, 0.1) is 50.0 Å². The number of nitriles is 1. The third-order valence-corrected chi connectivity index (χ3v) is 8.51. The summed E-state index contributed by atoms with van der Waals surface area (Å²) in [6.45, 7) is 3.24. The molecule has 1 aromatic heterocycles. The zero-order chi connectivity index (χ0) is 33.8. The Bertz CT molecular complexity index is 1730. The van der Waals surface area contributed by atoms with Crippen LogP contribution in [0.1, 0.15) is 48.1 Å². The molecule has 5 rings (SSSR count). The Morgan fingerprint density at radius 3 is 2.52 bits per heavy atom. The number of hydrogen-bond acceptors (Lipinski definition) is 9. The van der Waals surface area contributed by atoms with Crippen molar-refractivity contribution in [1.82, 2.24) is 14.8 Å². The summed E-state index contributed by atoms with van der Waals surface area (Å²) in [5.41, 5.74) is 0.455. The molecular formula is C31H33F3N6O6. The Labute approximate surface area is 262 Å². The molecule has 0 radical (unpaired) electrons. The van der Waals surface area contributed by atoms with E-state index >= 15 is 0 Å². The summed E-state index contributed by atoms with van der Waals surface area (Å²) in [6.07, 6.45) is -2.97. The minimum absolute atomic E-state index is 0.000979. The summed E-state index contributed by atoms with van der Waals surface area (Å²) in [5.74, 6) is -0.545. The number of carbonyl (C=O) groups excluding carboxylic acids is 2. The minimum atomic E-state index is -4.62. The van der Waals surface area contributed by atoms with Gasteiger partial charge < -0.3 is 24.2 Å². The van der Waals surface area contributed by atoms with Crippen LogP contribution >= 0.6 is 0 Å². The van der Waals surface area contributed by atoms with Crippen LogP contribution in [0.5, 0.6) is 0 Å². The van der Waals surface area contributed by atoms with Gasteiger partial charge in [-0.2, -0.15) is 18.4 Å². The molecule has 244 valence electrons.